The maximum absolute atomic E-state index is 12.1. The Morgan fingerprint density at radius 2 is 2.16 bits per heavy atom. The number of hydrogen-bond donors (Lipinski definition) is 1. The Bertz CT molecular complexity index is 626. The number of para-hydroxylation sites is 1. The summed E-state index contributed by atoms with van der Waals surface area (Å²) in [7, 11) is 1.51. The van der Waals surface area contributed by atoms with Crippen molar-refractivity contribution in [3.8, 4) is 0 Å². The van der Waals surface area contributed by atoms with Crippen molar-refractivity contribution in [3.05, 3.63) is 34.9 Å². The molecule has 0 saturated carbocycles. The summed E-state index contributed by atoms with van der Waals surface area (Å²) in [6.45, 7) is 3.44. The Morgan fingerprint density at radius 3 is 2.84 bits per heavy atom. The molecule has 0 spiro atoms. The smallest absolute Gasteiger partial charge is 0.256 e. The molecule has 0 bridgehead atoms. The van der Waals surface area contributed by atoms with E-state index in [-0.39, 0.29) is 5.91 Å². The lowest BCUT2D eigenvalue weighted by Gasteiger charge is -2.22. The van der Waals surface area contributed by atoms with Crippen LogP contribution in [0.25, 0.3) is 10.9 Å². The van der Waals surface area contributed by atoms with Crippen LogP contribution in [0.3, 0.4) is 0 Å². The minimum atomic E-state index is -0.877. The van der Waals surface area contributed by atoms with Gasteiger partial charge in [0.2, 0.25) is 0 Å². The molecule has 4 nitrogen and oxygen atoms in total. The number of ether oxygens (including phenoxy) is 1. The van der Waals surface area contributed by atoms with Crippen molar-refractivity contribution in [2.45, 2.75) is 19.4 Å². The van der Waals surface area contributed by atoms with Crippen molar-refractivity contribution in [3.63, 3.8) is 0 Å². The molecule has 0 aliphatic heterocycles. The zero-order valence-electron chi connectivity index (χ0n) is 11.0. The molecular formula is C14H15BrN2O2. The van der Waals surface area contributed by atoms with Gasteiger partial charge in [0.05, 0.1) is 11.2 Å². The van der Waals surface area contributed by atoms with E-state index >= 15 is 0 Å². The minimum Gasteiger partial charge on any atom is -0.369 e. The lowest BCUT2D eigenvalue weighted by molar-refractivity contribution is -0.133. The lowest BCUT2D eigenvalue weighted by Crippen LogP contribution is -2.38. The number of benzene rings is 1. The van der Waals surface area contributed by atoms with Crippen molar-refractivity contribution in [1.29, 1.82) is 0 Å². The molecule has 0 atom stereocenters. The maximum Gasteiger partial charge on any atom is 0.256 e. The molecule has 100 valence electrons. The van der Waals surface area contributed by atoms with Crippen molar-refractivity contribution in [2.75, 3.05) is 12.4 Å². The first-order valence-electron chi connectivity index (χ1n) is 5.85. The SMILES string of the molecule is COC(C)(C)C(=O)Nc1cccc2cc(Br)cnc12. The zero-order chi connectivity index (χ0) is 14.0. The summed E-state index contributed by atoms with van der Waals surface area (Å²) < 4.78 is 6.07. The molecule has 0 aliphatic rings. The normalized spacial score (nSPS) is 11.6. The maximum atomic E-state index is 12.1. The Morgan fingerprint density at radius 1 is 1.42 bits per heavy atom. The number of hydrogen-bond acceptors (Lipinski definition) is 3. The third-order valence-electron chi connectivity index (χ3n) is 2.98. The molecule has 1 amide bonds. The van der Waals surface area contributed by atoms with Gasteiger partial charge in [0, 0.05) is 23.2 Å². The highest BCUT2D eigenvalue weighted by molar-refractivity contribution is 9.10. The molecule has 0 radical (unpaired) electrons. The number of amides is 1. The van der Waals surface area contributed by atoms with Crippen LogP contribution in [-0.4, -0.2) is 23.6 Å². The third-order valence-corrected chi connectivity index (χ3v) is 3.42. The first-order chi connectivity index (χ1) is 8.94. The van der Waals surface area contributed by atoms with Crippen LogP contribution in [0.4, 0.5) is 5.69 Å². The van der Waals surface area contributed by atoms with E-state index in [1.807, 2.05) is 24.3 Å². The molecule has 5 heteroatoms. The van der Waals surface area contributed by atoms with Gasteiger partial charge in [-0.05, 0) is 41.9 Å². The van der Waals surface area contributed by atoms with Gasteiger partial charge in [-0.1, -0.05) is 12.1 Å². The molecule has 19 heavy (non-hydrogen) atoms. The number of nitrogens with zero attached hydrogens (tertiary/aromatic N) is 1. The van der Waals surface area contributed by atoms with Gasteiger partial charge in [0.15, 0.2) is 0 Å². The van der Waals surface area contributed by atoms with Crippen LogP contribution >= 0.6 is 15.9 Å². The van der Waals surface area contributed by atoms with E-state index in [4.69, 9.17) is 4.74 Å². The number of carbonyl (C=O) groups is 1. The Balaban J connectivity index is 2.39. The highest BCUT2D eigenvalue weighted by Crippen LogP contribution is 2.24. The number of rotatable bonds is 3. The average Bonchev–Trinajstić information content (AvgIpc) is 2.38. The van der Waals surface area contributed by atoms with Gasteiger partial charge >= 0.3 is 0 Å². The molecule has 0 fully saturated rings. The van der Waals surface area contributed by atoms with Gasteiger partial charge in [0.25, 0.3) is 5.91 Å². The van der Waals surface area contributed by atoms with Crippen LogP contribution in [0, 0.1) is 0 Å². The number of aromatic nitrogens is 1. The number of fused-ring (bicyclic) bond motifs is 1. The number of methoxy groups -OCH3 is 1. The monoisotopic (exact) mass is 322 g/mol. The van der Waals surface area contributed by atoms with Crippen molar-refractivity contribution in [2.24, 2.45) is 0 Å². The predicted octanol–water partition coefficient (Wildman–Crippen LogP) is 3.36. The Labute approximate surface area is 120 Å². The second-order valence-electron chi connectivity index (χ2n) is 4.70. The molecule has 1 N–H and O–H groups in total. The highest BCUT2D eigenvalue weighted by Gasteiger charge is 2.27. The van der Waals surface area contributed by atoms with Gasteiger partial charge < -0.3 is 10.1 Å². The van der Waals surface area contributed by atoms with Crippen molar-refractivity contribution >= 4 is 38.4 Å². The van der Waals surface area contributed by atoms with Gasteiger partial charge in [-0.15, -0.1) is 0 Å². The summed E-state index contributed by atoms with van der Waals surface area (Å²) in [5, 5.41) is 3.81. The standard InChI is InChI=1S/C14H15BrN2O2/c1-14(2,19-3)13(18)17-11-6-4-5-9-7-10(15)8-16-12(9)11/h4-8H,1-3H3,(H,17,18). The number of carbonyl (C=O) groups excluding carboxylic acids is 1. The van der Waals surface area contributed by atoms with Crippen molar-refractivity contribution in [1.82, 2.24) is 4.98 Å². The molecule has 1 aromatic carbocycles. The summed E-state index contributed by atoms with van der Waals surface area (Å²) in [6.07, 6.45) is 1.71. The Kier molecular flexibility index (Phi) is 3.87. The van der Waals surface area contributed by atoms with Gasteiger partial charge in [0.1, 0.15) is 5.60 Å². The van der Waals surface area contributed by atoms with E-state index in [0.717, 1.165) is 15.4 Å². The van der Waals surface area contributed by atoms with E-state index in [1.54, 1.807) is 20.0 Å². The fraction of sp³-hybridized carbons (Fsp3) is 0.286. The number of nitrogens with one attached hydrogen (secondary N) is 1. The topological polar surface area (TPSA) is 51.2 Å². The molecule has 0 saturated heterocycles. The van der Waals surface area contributed by atoms with E-state index in [0.29, 0.717) is 5.69 Å². The number of pyridine rings is 1. The van der Waals surface area contributed by atoms with Crippen LogP contribution in [0.5, 0.6) is 0 Å². The second kappa shape index (κ2) is 5.27. The predicted molar refractivity (Wildman–Crippen MR) is 79.2 cm³/mol. The van der Waals surface area contributed by atoms with Gasteiger partial charge in [-0.3, -0.25) is 9.78 Å². The highest BCUT2D eigenvalue weighted by atomic mass is 79.9. The fourth-order valence-corrected chi connectivity index (χ4v) is 1.95. The number of anilines is 1. The quantitative estimate of drug-likeness (QED) is 0.942. The molecular weight excluding hydrogens is 308 g/mol. The van der Waals surface area contributed by atoms with E-state index in [2.05, 4.69) is 26.2 Å². The number of halogens is 1. The van der Waals surface area contributed by atoms with Crippen LogP contribution in [-0.2, 0) is 9.53 Å². The molecule has 0 unspecified atom stereocenters. The molecule has 0 aliphatic carbocycles. The minimum absolute atomic E-state index is 0.202. The summed E-state index contributed by atoms with van der Waals surface area (Å²) >= 11 is 3.38. The second-order valence-corrected chi connectivity index (χ2v) is 5.62. The van der Waals surface area contributed by atoms with E-state index < -0.39 is 5.60 Å². The van der Waals surface area contributed by atoms with Gasteiger partial charge in [-0.25, -0.2) is 0 Å². The van der Waals surface area contributed by atoms with Gasteiger partial charge in [-0.2, -0.15) is 0 Å². The molecule has 1 heterocycles. The summed E-state index contributed by atoms with van der Waals surface area (Å²) in [4.78, 5) is 16.4. The molecule has 2 rings (SSSR count). The molecule has 2 aromatic rings. The fourth-order valence-electron chi connectivity index (χ4n) is 1.60. The van der Waals surface area contributed by atoms with Crippen LogP contribution in [0.2, 0.25) is 0 Å². The zero-order valence-corrected chi connectivity index (χ0v) is 12.6. The van der Waals surface area contributed by atoms with Crippen LogP contribution in [0.1, 0.15) is 13.8 Å². The van der Waals surface area contributed by atoms with E-state index in [1.165, 1.54) is 7.11 Å². The van der Waals surface area contributed by atoms with E-state index in [9.17, 15) is 4.79 Å². The van der Waals surface area contributed by atoms with Crippen LogP contribution in [0.15, 0.2) is 34.9 Å². The summed E-state index contributed by atoms with van der Waals surface area (Å²) in [5.74, 6) is -0.202. The molecule has 1 aromatic heterocycles. The summed E-state index contributed by atoms with van der Waals surface area (Å²) in [5.41, 5.74) is 0.559. The van der Waals surface area contributed by atoms with Crippen molar-refractivity contribution < 1.29 is 9.53 Å². The lowest BCUT2D eigenvalue weighted by atomic mass is 10.1. The third kappa shape index (κ3) is 2.93. The van der Waals surface area contributed by atoms with Crippen LogP contribution < -0.4 is 5.32 Å². The average molecular weight is 323 g/mol. The largest absolute Gasteiger partial charge is 0.369 e. The Hall–Kier alpha value is -1.46. The first kappa shape index (κ1) is 14.0. The summed E-state index contributed by atoms with van der Waals surface area (Å²) in [6, 6.07) is 7.61. The first-order valence-corrected chi connectivity index (χ1v) is 6.64.